The van der Waals surface area contributed by atoms with Gasteiger partial charge in [0.1, 0.15) is 16.8 Å². The van der Waals surface area contributed by atoms with Crippen LogP contribution in [0.15, 0.2) is 27.3 Å². The second kappa shape index (κ2) is 5.49. The summed E-state index contributed by atoms with van der Waals surface area (Å²) in [6.45, 7) is 4.79. The highest BCUT2D eigenvalue weighted by atomic mass is 32.2. The molecule has 0 unspecified atom stereocenters. The van der Waals surface area contributed by atoms with Crippen LogP contribution in [-0.2, 0) is 0 Å². The minimum Gasteiger partial charge on any atom is -0.439 e. The maximum atomic E-state index is 5.35. The summed E-state index contributed by atoms with van der Waals surface area (Å²) < 4.78 is 5.35. The summed E-state index contributed by atoms with van der Waals surface area (Å²) in [5.74, 6) is 0.567. The number of aromatic nitrogens is 5. The van der Waals surface area contributed by atoms with Gasteiger partial charge in [-0.15, -0.1) is 0 Å². The molecule has 104 valence electrons. The van der Waals surface area contributed by atoms with E-state index >= 15 is 0 Å². The van der Waals surface area contributed by atoms with Gasteiger partial charge < -0.3 is 14.7 Å². The van der Waals surface area contributed by atoms with E-state index in [9.17, 15) is 0 Å². The Balaban J connectivity index is 1.96. The summed E-state index contributed by atoms with van der Waals surface area (Å²) in [6.07, 6.45) is 4.22. The second-order valence-corrected chi connectivity index (χ2v) is 5.18. The zero-order chi connectivity index (χ0) is 13.9. The molecule has 0 aliphatic heterocycles. The fourth-order valence-corrected chi connectivity index (χ4v) is 2.49. The van der Waals surface area contributed by atoms with Gasteiger partial charge in [-0.05, 0) is 25.1 Å². The summed E-state index contributed by atoms with van der Waals surface area (Å²) in [5, 5.41) is 4.46. The first-order chi connectivity index (χ1) is 9.76. The molecule has 0 radical (unpaired) electrons. The third-order valence-corrected chi connectivity index (χ3v) is 3.42. The van der Waals surface area contributed by atoms with E-state index in [-0.39, 0.29) is 0 Å². The van der Waals surface area contributed by atoms with Crippen molar-refractivity contribution >= 4 is 28.9 Å². The lowest BCUT2D eigenvalue weighted by atomic mass is 10.5. The molecule has 8 heteroatoms. The number of imidazole rings is 1. The number of hydrogen-bond donors (Lipinski definition) is 2. The average Bonchev–Trinajstić information content (AvgIpc) is 3.05. The second-order valence-electron chi connectivity index (χ2n) is 4.24. The number of aryl methyl sites for hydroxylation is 1. The molecule has 0 saturated heterocycles. The minimum atomic E-state index is 0.554. The Morgan fingerprint density at radius 2 is 2.25 bits per heavy atom. The summed E-state index contributed by atoms with van der Waals surface area (Å²) in [7, 11) is 0. The monoisotopic (exact) mass is 290 g/mol. The van der Waals surface area contributed by atoms with Crippen LogP contribution >= 0.6 is 11.8 Å². The molecule has 0 atom stereocenters. The van der Waals surface area contributed by atoms with Crippen LogP contribution in [0.25, 0.3) is 11.2 Å². The zero-order valence-corrected chi connectivity index (χ0v) is 12.0. The Morgan fingerprint density at radius 3 is 3.00 bits per heavy atom. The van der Waals surface area contributed by atoms with Crippen LogP contribution in [-0.4, -0.2) is 31.5 Å². The van der Waals surface area contributed by atoms with Gasteiger partial charge in [0, 0.05) is 6.54 Å². The van der Waals surface area contributed by atoms with E-state index in [1.165, 1.54) is 11.8 Å². The zero-order valence-electron chi connectivity index (χ0n) is 11.2. The average molecular weight is 290 g/mol. The van der Waals surface area contributed by atoms with Gasteiger partial charge in [0.05, 0.1) is 12.0 Å². The van der Waals surface area contributed by atoms with Gasteiger partial charge in [-0.2, -0.15) is 4.98 Å². The normalized spacial score (nSPS) is 11.1. The third kappa shape index (κ3) is 2.60. The van der Waals surface area contributed by atoms with Crippen molar-refractivity contribution < 1.29 is 4.42 Å². The molecule has 0 saturated carbocycles. The number of anilines is 1. The number of nitrogens with zero attached hydrogens (tertiary/aromatic N) is 4. The van der Waals surface area contributed by atoms with Gasteiger partial charge in [0.25, 0.3) is 5.22 Å². The van der Waals surface area contributed by atoms with Crippen molar-refractivity contribution in [3.05, 3.63) is 18.3 Å². The lowest BCUT2D eigenvalue weighted by Gasteiger charge is -2.04. The van der Waals surface area contributed by atoms with Crippen molar-refractivity contribution in [2.24, 2.45) is 0 Å². The Kier molecular flexibility index (Phi) is 3.55. The number of hydrogen-bond acceptors (Lipinski definition) is 7. The molecule has 0 amide bonds. The molecule has 0 bridgehead atoms. The van der Waals surface area contributed by atoms with Crippen molar-refractivity contribution in [1.29, 1.82) is 0 Å². The van der Waals surface area contributed by atoms with Crippen LogP contribution in [0.5, 0.6) is 0 Å². The highest BCUT2D eigenvalue weighted by molar-refractivity contribution is 7.99. The summed E-state index contributed by atoms with van der Waals surface area (Å²) >= 11 is 1.35. The predicted molar refractivity (Wildman–Crippen MR) is 75.8 cm³/mol. The number of oxazole rings is 1. The standard InChI is InChI=1S/C12H14N6OS/c1-3-4-13-11-17-9-8(14-6-15-9)10(18-11)20-12-16-7(2)5-19-12/h5-6H,3-4H2,1-2H3,(H2,13,14,15,17,18). The van der Waals surface area contributed by atoms with Gasteiger partial charge in [-0.3, -0.25) is 0 Å². The van der Waals surface area contributed by atoms with Crippen LogP contribution in [0, 0.1) is 6.92 Å². The maximum absolute atomic E-state index is 5.35. The fraction of sp³-hybridized carbons (Fsp3) is 0.333. The van der Waals surface area contributed by atoms with Crippen molar-refractivity contribution in [2.45, 2.75) is 30.5 Å². The molecule has 0 aromatic carbocycles. The van der Waals surface area contributed by atoms with E-state index < -0.39 is 0 Å². The van der Waals surface area contributed by atoms with Gasteiger partial charge in [0.2, 0.25) is 5.95 Å². The number of aromatic amines is 1. The van der Waals surface area contributed by atoms with Gasteiger partial charge >= 0.3 is 0 Å². The predicted octanol–water partition coefficient (Wildman–Crippen LogP) is 2.62. The van der Waals surface area contributed by atoms with Crippen molar-refractivity contribution in [2.75, 3.05) is 11.9 Å². The molecule has 0 spiro atoms. The van der Waals surface area contributed by atoms with E-state index in [1.54, 1.807) is 12.6 Å². The van der Waals surface area contributed by atoms with Crippen molar-refractivity contribution in [3.8, 4) is 0 Å². The molecule has 3 aromatic heterocycles. The smallest absolute Gasteiger partial charge is 0.262 e. The van der Waals surface area contributed by atoms with Crippen LogP contribution in [0.2, 0.25) is 0 Å². The molecule has 20 heavy (non-hydrogen) atoms. The highest BCUT2D eigenvalue weighted by Crippen LogP contribution is 2.30. The quantitative estimate of drug-likeness (QED) is 0.698. The van der Waals surface area contributed by atoms with E-state index in [4.69, 9.17) is 4.42 Å². The Morgan fingerprint density at radius 1 is 1.35 bits per heavy atom. The molecule has 7 nitrogen and oxygen atoms in total. The van der Waals surface area contributed by atoms with Gasteiger partial charge in [0.15, 0.2) is 5.65 Å². The van der Waals surface area contributed by atoms with E-state index in [2.05, 4.69) is 37.2 Å². The molecule has 0 fully saturated rings. The highest BCUT2D eigenvalue weighted by Gasteiger charge is 2.13. The van der Waals surface area contributed by atoms with E-state index in [0.29, 0.717) is 16.8 Å². The van der Waals surface area contributed by atoms with Gasteiger partial charge in [-0.25, -0.2) is 15.0 Å². The molecule has 0 aliphatic carbocycles. The first-order valence-electron chi connectivity index (χ1n) is 6.31. The van der Waals surface area contributed by atoms with Crippen molar-refractivity contribution in [1.82, 2.24) is 24.9 Å². The number of rotatable bonds is 5. The van der Waals surface area contributed by atoms with Crippen LogP contribution in [0.3, 0.4) is 0 Å². The Hall–Kier alpha value is -2.09. The van der Waals surface area contributed by atoms with Gasteiger partial charge in [-0.1, -0.05) is 6.92 Å². The number of fused-ring (bicyclic) bond motifs is 1. The van der Waals surface area contributed by atoms with Crippen LogP contribution in [0.1, 0.15) is 19.0 Å². The topological polar surface area (TPSA) is 92.5 Å². The maximum Gasteiger partial charge on any atom is 0.262 e. The molecule has 3 aromatic rings. The molecular formula is C12H14N6OS. The molecule has 3 heterocycles. The Bertz CT molecular complexity index is 722. The molecular weight excluding hydrogens is 276 g/mol. The first kappa shape index (κ1) is 12.9. The van der Waals surface area contributed by atoms with E-state index in [1.807, 2.05) is 6.92 Å². The molecule has 3 rings (SSSR count). The summed E-state index contributed by atoms with van der Waals surface area (Å²) in [4.78, 5) is 20.3. The fourth-order valence-electron chi connectivity index (χ4n) is 1.66. The SMILES string of the molecule is CCCNc1nc(Sc2nc(C)co2)c2[nH]cnc2n1. The molecule has 2 N–H and O–H groups in total. The number of H-pyrrole nitrogens is 1. The Labute approximate surface area is 119 Å². The largest absolute Gasteiger partial charge is 0.439 e. The minimum absolute atomic E-state index is 0.554. The molecule has 0 aliphatic rings. The number of nitrogens with one attached hydrogen (secondary N) is 2. The first-order valence-corrected chi connectivity index (χ1v) is 7.13. The van der Waals surface area contributed by atoms with Crippen LogP contribution in [0.4, 0.5) is 5.95 Å². The third-order valence-electron chi connectivity index (χ3n) is 2.57. The summed E-state index contributed by atoms with van der Waals surface area (Å²) in [6, 6.07) is 0. The van der Waals surface area contributed by atoms with Crippen molar-refractivity contribution in [3.63, 3.8) is 0 Å². The van der Waals surface area contributed by atoms with Crippen LogP contribution < -0.4 is 5.32 Å². The lowest BCUT2D eigenvalue weighted by Crippen LogP contribution is -2.05. The lowest BCUT2D eigenvalue weighted by molar-refractivity contribution is 0.454. The van der Waals surface area contributed by atoms with E-state index in [0.717, 1.165) is 29.2 Å². The summed E-state index contributed by atoms with van der Waals surface area (Å²) in [5.41, 5.74) is 2.25.